The fourth-order valence-corrected chi connectivity index (χ4v) is 5.09. The number of nitrogens with zero attached hydrogens (tertiary/aromatic N) is 1. The highest BCUT2D eigenvalue weighted by molar-refractivity contribution is 7.18. The van der Waals surface area contributed by atoms with Crippen molar-refractivity contribution < 1.29 is 4.79 Å². The molecule has 146 valence electrons. The minimum absolute atomic E-state index is 0.0176. The minimum atomic E-state index is -0.0579. The normalized spacial score (nSPS) is 14.6. The lowest BCUT2D eigenvalue weighted by Gasteiger charge is -2.13. The molecule has 0 unspecified atom stereocenters. The molecular formula is C22H25N3O2S. The number of aryl methyl sites for hydroxylation is 3. The van der Waals surface area contributed by atoms with Crippen LogP contribution in [-0.2, 0) is 24.1 Å². The Balaban J connectivity index is 1.37. The van der Waals surface area contributed by atoms with Gasteiger partial charge in [-0.05, 0) is 42.7 Å². The Hall–Kier alpha value is -2.47. The number of thiophene rings is 1. The van der Waals surface area contributed by atoms with Crippen molar-refractivity contribution in [2.24, 2.45) is 0 Å². The number of aromatic amines is 1. The number of hydrogen-bond acceptors (Lipinski definition) is 4. The Bertz CT molecular complexity index is 1040. The van der Waals surface area contributed by atoms with Crippen molar-refractivity contribution in [1.82, 2.24) is 15.3 Å². The van der Waals surface area contributed by atoms with Crippen molar-refractivity contribution >= 4 is 27.5 Å². The number of benzene rings is 1. The predicted octanol–water partition coefficient (Wildman–Crippen LogP) is 3.72. The summed E-state index contributed by atoms with van der Waals surface area (Å²) in [5.74, 6) is 0.843. The van der Waals surface area contributed by atoms with E-state index < -0.39 is 0 Å². The molecule has 2 heterocycles. The standard InChI is InChI=1S/C22H25N3O2S/c1-14(15-7-3-2-4-8-15)13-23-19(26)12-11-18-24-21(27)20-16-9-5-6-10-17(16)28-22(20)25-18/h2-4,7-8,14H,5-6,9-13H2,1H3,(H,23,26)(H,24,25,27)/t14-/m0/s1. The molecule has 0 saturated heterocycles. The van der Waals surface area contributed by atoms with Crippen LogP contribution in [0, 0.1) is 0 Å². The van der Waals surface area contributed by atoms with Crippen LogP contribution < -0.4 is 10.9 Å². The number of rotatable bonds is 6. The van der Waals surface area contributed by atoms with Gasteiger partial charge in [-0.2, -0.15) is 0 Å². The summed E-state index contributed by atoms with van der Waals surface area (Å²) in [7, 11) is 0. The second-order valence-electron chi connectivity index (χ2n) is 7.52. The summed E-state index contributed by atoms with van der Waals surface area (Å²) in [6.07, 6.45) is 5.11. The zero-order chi connectivity index (χ0) is 19.5. The third-order valence-electron chi connectivity index (χ3n) is 5.44. The summed E-state index contributed by atoms with van der Waals surface area (Å²) >= 11 is 1.64. The molecule has 3 aromatic rings. The van der Waals surface area contributed by atoms with Gasteiger partial charge >= 0.3 is 0 Å². The smallest absolute Gasteiger partial charge is 0.259 e. The molecule has 0 aliphatic heterocycles. The predicted molar refractivity (Wildman–Crippen MR) is 113 cm³/mol. The lowest BCUT2D eigenvalue weighted by molar-refractivity contribution is -0.121. The fourth-order valence-electron chi connectivity index (χ4n) is 3.81. The van der Waals surface area contributed by atoms with Gasteiger partial charge in [0.15, 0.2) is 0 Å². The molecule has 0 spiro atoms. The van der Waals surface area contributed by atoms with Gasteiger partial charge in [-0.3, -0.25) is 9.59 Å². The van der Waals surface area contributed by atoms with E-state index in [1.165, 1.54) is 22.4 Å². The minimum Gasteiger partial charge on any atom is -0.355 e. The van der Waals surface area contributed by atoms with E-state index in [9.17, 15) is 9.59 Å². The van der Waals surface area contributed by atoms with E-state index in [-0.39, 0.29) is 17.4 Å². The molecule has 4 rings (SSSR count). The number of fused-ring (bicyclic) bond motifs is 3. The maximum absolute atomic E-state index is 12.6. The molecule has 0 radical (unpaired) electrons. The van der Waals surface area contributed by atoms with Crippen molar-refractivity contribution in [3.8, 4) is 0 Å². The van der Waals surface area contributed by atoms with Gasteiger partial charge in [-0.25, -0.2) is 4.98 Å². The van der Waals surface area contributed by atoms with E-state index >= 15 is 0 Å². The highest BCUT2D eigenvalue weighted by atomic mass is 32.1. The van der Waals surface area contributed by atoms with E-state index in [0.29, 0.717) is 25.2 Å². The average Bonchev–Trinajstić information content (AvgIpc) is 3.10. The summed E-state index contributed by atoms with van der Waals surface area (Å²) in [6, 6.07) is 10.1. The van der Waals surface area contributed by atoms with E-state index in [4.69, 9.17) is 0 Å². The highest BCUT2D eigenvalue weighted by Crippen LogP contribution is 2.33. The topological polar surface area (TPSA) is 74.8 Å². The molecule has 2 aromatic heterocycles. The number of amides is 1. The summed E-state index contributed by atoms with van der Waals surface area (Å²) in [5, 5.41) is 3.75. The van der Waals surface area contributed by atoms with E-state index in [2.05, 4.69) is 34.3 Å². The average molecular weight is 396 g/mol. The molecule has 1 atom stereocenters. The summed E-state index contributed by atoms with van der Waals surface area (Å²) in [4.78, 5) is 34.5. The summed E-state index contributed by atoms with van der Waals surface area (Å²) in [6.45, 7) is 2.70. The zero-order valence-electron chi connectivity index (χ0n) is 16.1. The number of nitrogens with one attached hydrogen (secondary N) is 2. The molecule has 1 aliphatic carbocycles. The molecule has 0 fully saturated rings. The molecule has 2 N–H and O–H groups in total. The van der Waals surface area contributed by atoms with Gasteiger partial charge in [0.1, 0.15) is 10.7 Å². The van der Waals surface area contributed by atoms with Gasteiger partial charge in [0.2, 0.25) is 5.91 Å². The van der Waals surface area contributed by atoms with E-state index in [1.54, 1.807) is 11.3 Å². The Morgan fingerprint density at radius 1 is 1.25 bits per heavy atom. The van der Waals surface area contributed by atoms with Crippen molar-refractivity contribution in [2.45, 2.75) is 51.4 Å². The third-order valence-corrected chi connectivity index (χ3v) is 6.62. The van der Waals surface area contributed by atoms with Crippen LogP contribution in [0.2, 0.25) is 0 Å². The monoisotopic (exact) mass is 395 g/mol. The first-order valence-corrected chi connectivity index (χ1v) is 10.8. The van der Waals surface area contributed by atoms with Gasteiger partial charge < -0.3 is 10.3 Å². The fraction of sp³-hybridized carbons (Fsp3) is 0.409. The first-order valence-electron chi connectivity index (χ1n) is 9.97. The van der Waals surface area contributed by atoms with Crippen molar-refractivity contribution in [3.05, 3.63) is 62.5 Å². The van der Waals surface area contributed by atoms with Crippen LogP contribution >= 0.6 is 11.3 Å². The van der Waals surface area contributed by atoms with Crippen molar-refractivity contribution in [3.63, 3.8) is 0 Å². The van der Waals surface area contributed by atoms with Crippen LogP contribution in [-0.4, -0.2) is 22.4 Å². The summed E-state index contributed by atoms with van der Waals surface area (Å²) in [5.41, 5.74) is 2.35. The van der Waals surface area contributed by atoms with Crippen LogP contribution in [0.1, 0.15) is 53.9 Å². The molecule has 6 heteroatoms. The third kappa shape index (κ3) is 4.02. The Morgan fingerprint density at radius 2 is 2.04 bits per heavy atom. The second-order valence-corrected chi connectivity index (χ2v) is 8.60. The number of aromatic nitrogens is 2. The second kappa shape index (κ2) is 8.27. The van der Waals surface area contributed by atoms with Crippen molar-refractivity contribution in [1.29, 1.82) is 0 Å². The number of H-pyrrole nitrogens is 1. The summed E-state index contributed by atoms with van der Waals surface area (Å²) < 4.78 is 0. The molecule has 1 aliphatic rings. The molecule has 0 saturated carbocycles. The Morgan fingerprint density at radius 3 is 2.86 bits per heavy atom. The number of carbonyl (C=O) groups is 1. The SMILES string of the molecule is C[C@@H](CNC(=O)CCc1nc2sc3c(c2c(=O)[nH]1)CCCC3)c1ccccc1. The maximum atomic E-state index is 12.6. The lowest BCUT2D eigenvalue weighted by atomic mass is 9.97. The molecule has 1 aromatic carbocycles. The largest absolute Gasteiger partial charge is 0.355 e. The molecule has 28 heavy (non-hydrogen) atoms. The quantitative estimate of drug-likeness (QED) is 0.668. The van der Waals surface area contributed by atoms with Crippen molar-refractivity contribution in [2.75, 3.05) is 6.54 Å². The maximum Gasteiger partial charge on any atom is 0.259 e. The zero-order valence-corrected chi connectivity index (χ0v) is 16.9. The van der Waals surface area contributed by atoms with Crippen LogP contribution in [0.4, 0.5) is 0 Å². The molecule has 1 amide bonds. The van der Waals surface area contributed by atoms with Gasteiger partial charge in [0.05, 0.1) is 5.39 Å². The van der Waals surface area contributed by atoms with Gasteiger partial charge in [0.25, 0.3) is 5.56 Å². The van der Waals surface area contributed by atoms with Crippen LogP contribution in [0.25, 0.3) is 10.2 Å². The Labute approximate surface area is 168 Å². The molecule has 5 nitrogen and oxygen atoms in total. The van der Waals surface area contributed by atoms with Gasteiger partial charge in [0, 0.05) is 24.3 Å². The Kier molecular flexibility index (Phi) is 5.57. The van der Waals surface area contributed by atoms with E-state index in [0.717, 1.165) is 29.5 Å². The van der Waals surface area contributed by atoms with Crippen LogP contribution in [0.3, 0.4) is 0 Å². The lowest BCUT2D eigenvalue weighted by Crippen LogP contribution is -2.28. The van der Waals surface area contributed by atoms with Gasteiger partial charge in [-0.15, -0.1) is 11.3 Å². The molecular weight excluding hydrogens is 370 g/mol. The number of carbonyl (C=O) groups excluding carboxylic acids is 1. The number of hydrogen-bond donors (Lipinski definition) is 2. The highest BCUT2D eigenvalue weighted by Gasteiger charge is 2.20. The first-order chi connectivity index (χ1) is 13.6. The van der Waals surface area contributed by atoms with Crippen LogP contribution in [0.5, 0.6) is 0 Å². The van der Waals surface area contributed by atoms with E-state index in [1.807, 2.05) is 18.2 Å². The van der Waals surface area contributed by atoms with Gasteiger partial charge in [-0.1, -0.05) is 37.3 Å². The van der Waals surface area contributed by atoms with Crippen LogP contribution in [0.15, 0.2) is 35.1 Å². The first kappa shape index (κ1) is 18.9. The molecule has 0 bridgehead atoms.